The molecule has 0 amide bonds. The summed E-state index contributed by atoms with van der Waals surface area (Å²) in [4.78, 5) is 13.1. The highest BCUT2D eigenvalue weighted by Crippen LogP contribution is 2.27. The van der Waals surface area contributed by atoms with Crippen LogP contribution in [0.25, 0.3) is 11.2 Å². The second-order valence-corrected chi connectivity index (χ2v) is 5.47. The van der Waals surface area contributed by atoms with E-state index < -0.39 is 0 Å². The first-order valence-corrected chi connectivity index (χ1v) is 7.28. The number of nitrogens with zero attached hydrogens (tertiary/aromatic N) is 3. The molecule has 0 radical (unpaired) electrons. The molecule has 6 heteroatoms. The highest BCUT2D eigenvalue weighted by molar-refractivity contribution is 5.81. The number of aryl methyl sites for hydroxylation is 2. The van der Waals surface area contributed by atoms with Gasteiger partial charge in [0.2, 0.25) is 0 Å². The van der Waals surface area contributed by atoms with Gasteiger partial charge in [0.05, 0.1) is 6.04 Å². The summed E-state index contributed by atoms with van der Waals surface area (Å²) in [6.07, 6.45) is 0.886. The molecular weight excluding hydrogens is 280 g/mol. The zero-order valence-electron chi connectivity index (χ0n) is 12.5. The lowest BCUT2D eigenvalue weighted by Crippen LogP contribution is -2.33. The third-order valence-electron chi connectivity index (χ3n) is 3.70. The fourth-order valence-electron chi connectivity index (χ4n) is 2.75. The first-order valence-electron chi connectivity index (χ1n) is 7.28. The number of rotatable bonds is 2. The lowest BCUT2D eigenvalue weighted by atomic mass is 10.0. The lowest BCUT2D eigenvalue weighted by molar-refractivity contribution is 0.272. The highest BCUT2D eigenvalue weighted by atomic mass is 16.5. The minimum absolute atomic E-state index is 0.143. The smallest absolute Gasteiger partial charge is 0.252 e. The average molecular weight is 296 g/mol. The van der Waals surface area contributed by atoms with Crippen molar-refractivity contribution in [3.63, 3.8) is 0 Å². The molecule has 112 valence electrons. The van der Waals surface area contributed by atoms with E-state index in [4.69, 9.17) is 9.15 Å². The second kappa shape index (κ2) is 4.98. The normalized spacial score (nSPS) is 17.1. The first kappa shape index (κ1) is 13.1. The summed E-state index contributed by atoms with van der Waals surface area (Å²) in [7, 11) is 0. The van der Waals surface area contributed by atoms with E-state index in [0.717, 1.165) is 12.2 Å². The van der Waals surface area contributed by atoms with E-state index in [1.165, 1.54) is 5.56 Å². The third-order valence-corrected chi connectivity index (χ3v) is 3.70. The Bertz CT molecular complexity index is 843. The van der Waals surface area contributed by atoms with Crippen molar-refractivity contribution >= 4 is 17.0 Å². The summed E-state index contributed by atoms with van der Waals surface area (Å²) >= 11 is 0. The van der Waals surface area contributed by atoms with Crippen LogP contribution in [0.15, 0.2) is 28.7 Å². The molecule has 1 unspecified atom stereocenters. The SMILES string of the molecule is Cc1nc(NC2COc3ccccc3C2)c2nc(C)oc2n1. The standard InChI is InChI=1S/C16H16N4O2/c1-9-17-15(14-16(18-9)22-10(2)19-14)20-12-7-11-5-3-4-6-13(11)21-8-12/h3-6,12H,7-8H2,1-2H3,(H,17,18,20). The van der Waals surface area contributed by atoms with Crippen LogP contribution >= 0.6 is 0 Å². The fourth-order valence-corrected chi connectivity index (χ4v) is 2.75. The molecule has 4 rings (SSSR count). The molecule has 0 saturated carbocycles. The molecule has 2 aromatic heterocycles. The predicted octanol–water partition coefficient (Wildman–Crippen LogP) is 2.65. The van der Waals surface area contributed by atoms with E-state index >= 15 is 0 Å². The van der Waals surface area contributed by atoms with E-state index in [1.807, 2.05) is 25.1 Å². The Morgan fingerprint density at radius 1 is 1.14 bits per heavy atom. The van der Waals surface area contributed by atoms with E-state index in [0.29, 0.717) is 35.4 Å². The molecule has 3 heterocycles. The quantitative estimate of drug-likeness (QED) is 0.783. The fraction of sp³-hybridized carbons (Fsp3) is 0.312. The van der Waals surface area contributed by atoms with Gasteiger partial charge in [-0.05, 0) is 25.0 Å². The molecule has 22 heavy (non-hydrogen) atoms. The van der Waals surface area contributed by atoms with Gasteiger partial charge in [0.25, 0.3) is 5.71 Å². The van der Waals surface area contributed by atoms with Crippen LogP contribution < -0.4 is 10.1 Å². The maximum Gasteiger partial charge on any atom is 0.252 e. The molecule has 1 aromatic carbocycles. The summed E-state index contributed by atoms with van der Waals surface area (Å²) in [5.74, 6) is 2.90. The van der Waals surface area contributed by atoms with Gasteiger partial charge in [0, 0.05) is 6.92 Å². The monoisotopic (exact) mass is 296 g/mol. The summed E-state index contributed by atoms with van der Waals surface area (Å²) in [5.41, 5.74) is 2.39. The van der Waals surface area contributed by atoms with Crippen LogP contribution in [-0.2, 0) is 6.42 Å². The third kappa shape index (κ3) is 2.26. The van der Waals surface area contributed by atoms with Crippen molar-refractivity contribution in [2.24, 2.45) is 0 Å². The number of fused-ring (bicyclic) bond motifs is 2. The Labute approximate surface area is 127 Å². The van der Waals surface area contributed by atoms with Crippen LogP contribution in [0.2, 0.25) is 0 Å². The van der Waals surface area contributed by atoms with Gasteiger partial charge < -0.3 is 14.5 Å². The Morgan fingerprint density at radius 3 is 2.91 bits per heavy atom. The first-order chi connectivity index (χ1) is 10.7. The molecule has 3 aromatic rings. The molecule has 6 nitrogen and oxygen atoms in total. The Balaban J connectivity index is 1.64. The number of para-hydroxylation sites is 1. The number of hydrogen-bond acceptors (Lipinski definition) is 6. The second-order valence-electron chi connectivity index (χ2n) is 5.47. The summed E-state index contributed by atoms with van der Waals surface area (Å²) < 4.78 is 11.3. The van der Waals surface area contributed by atoms with Gasteiger partial charge in [0.15, 0.2) is 17.2 Å². The Kier molecular flexibility index (Phi) is 2.96. The highest BCUT2D eigenvalue weighted by Gasteiger charge is 2.22. The number of aromatic nitrogens is 3. The molecule has 1 atom stereocenters. The number of anilines is 1. The van der Waals surface area contributed by atoms with Crippen molar-refractivity contribution in [1.29, 1.82) is 0 Å². The number of nitrogens with one attached hydrogen (secondary N) is 1. The van der Waals surface area contributed by atoms with Crippen LogP contribution in [0.5, 0.6) is 5.75 Å². The van der Waals surface area contributed by atoms with E-state index in [2.05, 4.69) is 26.3 Å². The summed E-state index contributed by atoms with van der Waals surface area (Å²) in [6.45, 7) is 4.24. The predicted molar refractivity (Wildman–Crippen MR) is 82.1 cm³/mol. The van der Waals surface area contributed by atoms with Crippen molar-refractivity contribution in [3.8, 4) is 5.75 Å². The van der Waals surface area contributed by atoms with Crippen LogP contribution in [0, 0.1) is 13.8 Å². The molecule has 1 aliphatic heterocycles. The number of ether oxygens (including phenoxy) is 1. The summed E-state index contributed by atoms with van der Waals surface area (Å²) in [6, 6.07) is 8.24. The van der Waals surface area contributed by atoms with Gasteiger partial charge >= 0.3 is 0 Å². The molecule has 1 N–H and O–H groups in total. The van der Waals surface area contributed by atoms with Crippen molar-refractivity contribution in [1.82, 2.24) is 15.0 Å². The van der Waals surface area contributed by atoms with Gasteiger partial charge in [-0.25, -0.2) is 9.97 Å². The number of oxazole rings is 1. The van der Waals surface area contributed by atoms with Crippen molar-refractivity contribution in [2.75, 3.05) is 11.9 Å². The van der Waals surface area contributed by atoms with Crippen molar-refractivity contribution in [2.45, 2.75) is 26.3 Å². The molecule has 0 aliphatic carbocycles. The van der Waals surface area contributed by atoms with Crippen LogP contribution in [0.1, 0.15) is 17.3 Å². The van der Waals surface area contributed by atoms with Gasteiger partial charge in [-0.15, -0.1) is 0 Å². The molecular formula is C16H16N4O2. The van der Waals surface area contributed by atoms with Crippen molar-refractivity contribution < 1.29 is 9.15 Å². The zero-order valence-corrected chi connectivity index (χ0v) is 12.5. The molecule has 0 fully saturated rings. The van der Waals surface area contributed by atoms with E-state index in [9.17, 15) is 0 Å². The topological polar surface area (TPSA) is 73.1 Å². The van der Waals surface area contributed by atoms with Gasteiger partial charge in [-0.2, -0.15) is 4.98 Å². The van der Waals surface area contributed by atoms with E-state index in [-0.39, 0.29) is 6.04 Å². The van der Waals surface area contributed by atoms with Gasteiger partial charge in [-0.1, -0.05) is 18.2 Å². The molecule has 1 aliphatic rings. The van der Waals surface area contributed by atoms with Crippen LogP contribution in [-0.4, -0.2) is 27.6 Å². The minimum Gasteiger partial charge on any atom is -0.491 e. The molecule has 0 bridgehead atoms. The number of hydrogen-bond donors (Lipinski definition) is 1. The number of benzene rings is 1. The zero-order chi connectivity index (χ0) is 15.1. The minimum atomic E-state index is 0.143. The van der Waals surface area contributed by atoms with Crippen LogP contribution in [0.4, 0.5) is 5.82 Å². The molecule has 0 spiro atoms. The summed E-state index contributed by atoms with van der Waals surface area (Å²) in [5, 5.41) is 3.42. The maximum atomic E-state index is 5.81. The van der Waals surface area contributed by atoms with E-state index in [1.54, 1.807) is 6.92 Å². The maximum absolute atomic E-state index is 5.81. The van der Waals surface area contributed by atoms with Crippen molar-refractivity contribution in [3.05, 3.63) is 41.5 Å². The molecule has 0 saturated heterocycles. The van der Waals surface area contributed by atoms with Gasteiger partial charge in [-0.3, -0.25) is 0 Å². The van der Waals surface area contributed by atoms with Crippen LogP contribution in [0.3, 0.4) is 0 Å². The Morgan fingerprint density at radius 2 is 2.00 bits per heavy atom. The lowest BCUT2D eigenvalue weighted by Gasteiger charge is -2.26. The van der Waals surface area contributed by atoms with Gasteiger partial charge in [0.1, 0.15) is 18.2 Å². The Hall–Kier alpha value is -2.63. The average Bonchev–Trinajstić information content (AvgIpc) is 2.87. The largest absolute Gasteiger partial charge is 0.491 e.